The predicted molar refractivity (Wildman–Crippen MR) is 150 cm³/mol. The number of piperazine rings is 1. The van der Waals surface area contributed by atoms with Crippen LogP contribution in [0.3, 0.4) is 0 Å². The molecule has 8 nitrogen and oxygen atoms in total. The first kappa shape index (κ1) is 27.4. The van der Waals surface area contributed by atoms with Gasteiger partial charge >= 0.3 is 5.97 Å². The van der Waals surface area contributed by atoms with Gasteiger partial charge in [0.15, 0.2) is 5.76 Å². The van der Waals surface area contributed by atoms with Crippen molar-refractivity contribution in [2.45, 2.75) is 39.3 Å². The number of nitrogens with zero attached hydrogens (tertiary/aromatic N) is 3. The van der Waals surface area contributed by atoms with E-state index in [1.165, 1.54) is 5.56 Å². The minimum atomic E-state index is -0.423. The number of hydrogen-bond acceptors (Lipinski definition) is 6. The summed E-state index contributed by atoms with van der Waals surface area (Å²) in [6, 6.07) is 23.3. The number of hydrogen-bond donors (Lipinski definition) is 0. The van der Waals surface area contributed by atoms with Gasteiger partial charge in [0.05, 0.1) is 18.7 Å². The summed E-state index contributed by atoms with van der Waals surface area (Å²) in [4.78, 5) is 45.2. The molecule has 8 heteroatoms. The third-order valence-corrected chi connectivity index (χ3v) is 7.62. The molecule has 0 radical (unpaired) electrons. The van der Waals surface area contributed by atoms with Crippen LogP contribution in [0.25, 0.3) is 0 Å². The third-order valence-electron chi connectivity index (χ3n) is 7.62. The summed E-state index contributed by atoms with van der Waals surface area (Å²) in [5.74, 6) is -0.325. The van der Waals surface area contributed by atoms with Gasteiger partial charge in [0.25, 0.3) is 5.91 Å². The average molecular weight is 542 g/mol. The quantitative estimate of drug-likeness (QED) is 0.388. The molecule has 1 unspecified atom stereocenters. The molecule has 0 aliphatic carbocycles. The lowest BCUT2D eigenvalue weighted by molar-refractivity contribution is -0.140. The Morgan fingerprint density at radius 1 is 0.900 bits per heavy atom. The van der Waals surface area contributed by atoms with Crippen LogP contribution in [0.15, 0.2) is 88.5 Å². The van der Waals surface area contributed by atoms with Crippen LogP contribution in [0.1, 0.15) is 53.6 Å². The average Bonchev–Trinajstić information content (AvgIpc) is 3.45. The number of allylic oxidation sites excluding steroid dienone is 1. The van der Waals surface area contributed by atoms with Crippen molar-refractivity contribution in [2.24, 2.45) is 0 Å². The lowest BCUT2D eigenvalue weighted by Gasteiger charge is -2.34. The Balaban J connectivity index is 1.26. The van der Waals surface area contributed by atoms with E-state index in [0.29, 0.717) is 30.1 Å². The van der Waals surface area contributed by atoms with E-state index in [1.54, 1.807) is 30.9 Å². The van der Waals surface area contributed by atoms with Gasteiger partial charge in [-0.1, -0.05) is 60.7 Å². The highest BCUT2D eigenvalue weighted by Gasteiger charge is 2.37. The van der Waals surface area contributed by atoms with Crippen LogP contribution in [-0.2, 0) is 27.4 Å². The molecule has 0 N–H and O–H groups in total. The van der Waals surface area contributed by atoms with Crippen molar-refractivity contribution < 1.29 is 23.5 Å². The van der Waals surface area contributed by atoms with E-state index < -0.39 is 5.97 Å². The third kappa shape index (κ3) is 6.02. The molecule has 208 valence electrons. The summed E-state index contributed by atoms with van der Waals surface area (Å²) in [6.45, 7) is 7.60. The molecule has 5 rings (SSSR count). The monoisotopic (exact) mass is 541 g/mol. The van der Waals surface area contributed by atoms with E-state index in [0.717, 1.165) is 25.2 Å². The topological polar surface area (TPSA) is 83.3 Å². The Morgan fingerprint density at radius 2 is 1.57 bits per heavy atom. The zero-order chi connectivity index (χ0) is 28.1. The Morgan fingerprint density at radius 3 is 2.25 bits per heavy atom. The lowest BCUT2D eigenvalue weighted by atomic mass is 9.83. The highest BCUT2D eigenvalue weighted by atomic mass is 16.5. The fourth-order valence-corrected chi connectivity index (χ4v) is 5.49. The number of carbonyl (C=O) groups is 3. The Labute approximate surface area is 234 Å². The summed E-state index contributed by atoms with van der Waals surface area (Å²) in [7, 11) is 0. The Bertz CT molecular complexity index is 1370. The van der Waals surface area contributed by atoms with Gasteiger partial charge in [0.2, 0.25) is 5.91 Å². The zero-order valence-electron chi connectivity index (χ0n) is 23.0. The first-order valence-corrected chi connectivity index (χ1v) is 13.8. The van der Waals surface area contributed by atoms with Crippen molar-refractivity contribution in [3.63, 3.8) is 0 Å². The van der Waals surface area contributed by atoms with Crippen LogP contribution in [-0.4, -0.2) is 65.3 Å². The SMILES string of the molecule is CCOC(=O)C1=C(C)N(Cc2ccc(C(=O)N3CCN(Cc4ccccc4)CC3)o2)C(=O)CC1c1ccccc1. The number of esters is 1. The largest absolute Gasteiger partial charge is 0.463 e. The number of benzene rings is 2. The Hall–Kier alpha value is -4.17. The highest BCUT2D eigenvalue weighted by Crippen LogP contribution is 2.37. The van der Waals surface area contributed by atoms with Crippen LogP contribution >= 0.6 is 0 Å². The maximum Gasteiger partial charge on any atom is 0.336 e. The van der Waals surface area contributed by atoms with E-state index in [1.807, 2.05) is 53.4 Å². The number of furan rings is 1. The molecular weight excluding hydrogens is 506 g/mol. The van der Waals surface area contributed by atoms with Crippen LogP contribution < -0.4 is 0 Å². The summed E-state index contributed by atoms with van der Waals surface area (Å²) >= 11 is 0. The molecule has 3 aromatic rings. The van der Waals surface area contributed by atoms with E-state index >= 15 is 0 Å². The van der Waals surface area contributed by atoms with Gasteiger partial charge in [-0.2, -0.15) is 0 Å². The van der Waals surface area contributed by atoms with E-state index in [9.17, 15) is 14.4 Å². The van der Waals surface area contributed by atoms with Crippen molar-refractivity contribution in [1.29, 1.82) is 0 Å². The molecule has 40 heavy (non-hydrogen) atoms. The molecule has 1 saturated heterocycles. The second kappa shape index (κ2) is 12.3. The van der Waals surface area contributed by atoms with Gasteiger partial charge in [-0.3, -0.25) is 14.5 Å². The first-order chi connectivity index (χ1) is 19.4. The van der Waals surface area contributed by atoms with Crippen LogP contribution in [0, 0.1) is 0 Å². The first-order valence-electron chi connectivity index (χ1n) is 13.8. The molecule has 1 aromatic heterocycles. The standard InChI is InChI=1S/C32H35N3O5/c1-3-39-32(38)30-23(2)35(29(36)20-27(30)25-12-8-5-9-13-25)22-26-14-15-28(40-26)31(37)34-18-16-33(17-19-34)21-24-10-6-4-7-11-24/h4-15,27H,3,16-22H2,1-2H3. The van der Waals surface area contributed by atoms with E-state index in [2.05, 4.69) is 17.0 Å². The Kier molecular flexibility index (Phi) is 8.45. The van der Waals surface area contributed by atoms with Crippen LogP contribution in [0.4, 0.5) is 0 Å². The van der Waals surface area contributed by atoms with Gasteiger partial charge in [-0.15, -0.1) is 0 Å². The molecule has 2 aromatic carbocycles. The molecular formula is C32H35N3O5. The molecule has 2 aliphatic heterocycles. The summed E-state index contributed by atoms with van der Waals surface area (Å²) < 4.78 is 11.3. The van der Waals surface area contributed by atoms with E-state index in [-0.39, 0.29) is 43.1 Å². The molecule has 2 aliphatic rings. The molecule has 0 saturated carbocycles. The maximum atomic E-state index is 13.3. The van der Waals surface area contributed by atoms with Crippen molar-refractivity contribution in [1.82, 2.24) is 14.7 Å². The van der Waals surface area contributed by atoms with Gasteiger partial charge in [0, 0.05) is 50.8 Å². The van der Waals surface area contributed by atoms with Crippen LogP contribution in [0.2, 0.25) is 0 Å². The molecule has 0 spiro atoms. The summed E-state index contributed by atoms with van der Waals surface area (Å²) in [6.07, 6.45) is 0.148. The molecule has 0 bridgehead atoms. The summed E-state index contributed by atoms with van der Waals surface area (Å²) in [5, 5.41) is 0. The number of rotatable bonds is 8. The van der Waals surface area contributed by atoms with Crippen molar-refractivity contribution >= 4 is 17.8 Å². The molecule has 1 fully saturated rings. The van der Waals surface area contributed by atoms with Crippen molar-refractivity contribution in [3.05, 3.63) is 107 Å². The van der Waals surface area contributed by atoms with Gasteiger partial charge in [0.1, 0.15) is 5.76 Å². The van der Waals surface area contributed by atoms with Gasteiger partial charge < -0.3 is 19.0 Å². The number of carbonyl (C=O) groups excluding carboxylic acids is 3. The van der Waals surface area contributed by atoms with Crippen molar-refractivity contribution in [2.75, 3.05) is 32.8 Å². The zero-order valence-corrected chi connectivity index (χ0v) is 23.0. The van der Waals surface area contributed by atoms with Crippen molar-refractivity contribution in [3.8, 4) is 0 Å². The van der Waals surface area contributed by atoms with Gasteiger partial charge in [-0.05, 0) is 37.1 Å². The predicted octanol–water partition coefficient (Wildman–Crippen LogP) is 4.59. The second-order valence-electron chi connectivity index (χ2n) is 10.2. The highest BCUT2D eigenvalue weighted by molar-refractivity contribution is 5.96. The normalized spacial score (nSPS) is 18.2. The fraction of sp³-hybridized carbons (Fsp3) is 0.344. The molecule has 2 amide bonds. The molecule has 3 heterocycles. The number of amides is 2. The minimum Gasteiger partial charge on any atom is -0.463 e. The van der Waals surface area contributed by atoms with Gasteiger partial charge in [-0.25, -0.2) is 4.79 Å². The van der Waals surface area contributed by atoms with Crippen LogP contribution in [0.5, 0.6) is 0 Å². The smallest absolute Gasteiger partial charge is 0.336 e. The lowest BCUT2D eigenvalue weighted by Crippen LogP contribution is -2.48. The number of ether oxygens (including phenoxy) is 1. The molecule has 1 atom stereocenters. The fourth-order valence-electron chi connectivity index (χ4n) is 5.49. The summed E-state index contributed by atoms with van der Waals surface area (Å²) in [5.41, 5.74) is 3.18. The second-order valence-corrected chi connectivity index (χ2v) is 10.2. The van der Waals surface area contributed by atoms with E-state index in [4.69, 9.17) is 9.15 Å². The maximum absolute atomic E-state index is 13.3. The minimum absolute atomic E-state index is 0.113.